The van der Waals surface area contributed by atoms with E-state index in [4.69, 9.17) is 9.72 Å². The van der Waals surface area contributed by atoms with Crippen LogP contribution < -0.4 is 5.32 Å². The lowest BCUT2D eigenvalue weighted by Crippen LogP contribution is -2.06. The minimum Gasteiger partial charge on any atom is -0.462 e. The Morgan fingerprint density at radius 2 is 1.78 bits per heavy atom. The molecule has 0 unspecified atom stereocenters. The molecular weight excluding hydrogens is 336 g/mol. The highest BCUT2D eigenvalue weighted by Crippen LogP contribution is 2.26. The number of nitrogens with zero attached hydrogens (tertiary/aromatic N) is 1. The molecule has 4 nitrogen and oxygen atoms in total. The number of rotatable bonds is 6. The molecule has 0 fully saturated rings. The van der Waals surface area contributed by atoms with E-state index in [-0.39, 0.29) is 5.97 Å². The zero-order valence-electron chi connectivity index (χ0n) is 16.4. The molecule has 3 aromatic rings. The molecule has 1 N–H and O–H groups in total. The number of ether oxygens (including phenoxy) is 1. The second kappa shape index (κ2) is 8.21. The SMILES string of the molecule is CCCCOC(=O)c1ccc(Nc2cc(C)c3cc(C)cc(C)c3n2)cc1. The number of benzene rings is 2. The molecular formula is C23H26N2O2. The fraction of sp³-hybridized carbons (Fsp3) is 0.304. The number of anilines is 2. The van der Waals surface area contributed by atoms with Crippen molar-refractivity contribution in [3.05, 3.63) is 64.7 Å². The molecule has 4 heteroatoms. The van der Waals surface area contributed by atoms with Crippen molar-refractivity contribution in [2.45, 2.75) is 40.5 Å². The molecule has 0 saturated carbocycles. The van der Waals surface area contributed by atoms with Crippen LogP contribution in [0.5, 0.6) is 0 Å². The van der Waals surface area contributed by atoms with Gasteiger partial charge in [-0.1, -0.05) is 25.0 Å². The van der Waals surface area contributed by atoms with Gasteiger partial charge in [0.05, 0.1) is 17.7 Å². The number of pyridine rings is 1. The summed E-state index contributed by atoms with van der Waals surface area (Å²) < 4.78 is 5.24. The lowest BCUT2D eigenvalue weighted by Gasteiger charge is -2.12. The fourth-order valence-electron chi connectivity index (χ4n) is 3.14. The summed E-state index contributed by atoms with van der Waals surface area (Å²) in [6, 6.07) is 13.7. The Kier molecular flexibility index (Phi) is 5.75. The van der Waals surface area contributed by atoms with Gasteiger partial charge < -0.3 is 10.1 Å². The molecule has 140 valence electrons. The van der Waals surface area contributed by atoms with Crippen LogP contribution in [0.1, 0.15) is 46.8 Å². The van der Waals surface area contributed by atoms with Crippen LogP contribution in [-0.4, -0.2) is 17.6 Å². The van der Waals surface area contributed by atoms with Gasteiger partial charge in [-0.25, -0.2) is 9.78 Å². The van der Waals surface area contributed by atoms with Gasteiger partial charge in [-0.2, -0.15) is 0 Å². The van der Waals surface area contributed by atoms with E-state index in [1.54, 1.807) is 12.1 Å². The van der Waals surface area contributed by atoms with E-state index in [9.17, 15) is 4.79 Å². The quantitative estimate of drug-likeness (QED) is 0.441. The van der Waals surface area contributed by atoms with Crippen molar-refractivity contribution in [2.75, 3.05) is 11.9 Å². The molecule has 0 spiro atoms. The molecule has 0 atom stereocenters. The smallest absolute Gasteiger partial charge is 0.338 e. The maximum Gasteiger partial charge on any atom is 0.338 e. The number of hydrogen-bond donors (Lipinski definition) is 1. The molecule has 0 saturated heterocycles. The van der Waals surface area contributed by atoms with E-state index >= 15 is 0 Å². The van der Waals surface area contributed by atoms with Crippen molar-refractivity contribution in [3.63, 3.8) is 0 Å². The van der Waals surface area contributed by atoms with Gasteiger partial charge in [0.2, 0.25) is 0 Å². The number of hydrogen-bond acceptors (Lipinski definition) is 4. The van der Waals surface area contributed by atoms with Crippen LogP contribution in [-0.2, 0) is 4.74 Å². The van der Waals surface area contributed by atoms with Gasteiger partial charge in [0.1, 0.15) is 5.82 Å². The van der Waals surface area contributed by atoms with Crippen LogP contribution in [0.2, 0.25) is 0 Å². The summed E-state index contributed by atoms with van der Waals surface area (Å²) in [5.41, 5.74) is 6.06. The molecule has 0 radical (unpaired) electrons. The molecule has 0 aliphatic carbocycles. The molecule has 1 aromatic heterocycles. The molecule has 0 aliphatic rings. The van der Waals surface area contributed by atoms with Crippen LogP contribution in [0.25, 0.3) is 10.9 Å². The number of unbranched alkanes of at least 4 members (excludes halogenated alkanes) is 1. The minimum absolute atomic E-state index is 0.277. The van der Waals surface area contributed by atoms with Gasteiger partial charge >= 0.3 is 5.97 Å². The summed E-state index contributed by atoms with van der Waals surface area (Å²) in [4.78, 5) is 16.8. The summed E-state index contributed by atoms with van der Waals surface area (Å²) in [5.74, 6) is 0.519. The Labute approximate surface area is 160 Å². The number of carbonyl (C=O) groups is 1. The zero-order chi connectivity index (χ0) is 19.4. The second-order valence-corrected chi connectivity index (χ2v) is 6.99. The Hall–Kier alpha value is -2.88. The van der Waals surface area contributed by atoms with Crippen LogP contribution in [0, 0.1) is 20.8 Å². The van der Waals surface area contributed by atoms with Crippen LogP contribution >= 0.6 is 0 Å². The topological polar surface area (TPSA) is 51.2 Å². The molecule has 3 rings (SSSR count). The van der Waals surface area contributed by atoms with Gasteiger partial charge in [-0.3, -0.25) is 0 Å². The predicted octanol–water partition coefficient (Wildman–Crippen LogP) is 5.86. The van der Waals surface area contributed by atoms with Gasteiger partial charge in [0.25, 0.3) is 0 Å². The summed E-state index contributed by atoms with van der Waals surface area (Å²) in [5, 5.41) is 4.52. The number of fused-ring (bicyclic) bond motifs is 1. The van der Waals surface area contributed by atoms with Crippen molar-refractivity contribution < 1.29 is 9.53 Å². The van der Waals surface area contributed by atoms with Crippen LogP contribution in [0.4, 0.5) is 11.5 Å². The van der Waals surface area contributed by atoms with E-state index in [0.29, 0.717) is 12.2 Å². The third-order valence-electron chi connectivity index (χ3n) is 4.58. The first-order valence-electron chi connectivity index (χ1n) is 9.40. The number of nitrogens with one attached hydrogen (secondary N) is 1. The maximum absolute atomic E-state index is 12.0. The van der Waals surface area contributed by atoms with Crippen molar-refractivity contribution in [1.82, 2.24) is 4.98 Å². The first-order valence-corrected chi connectivity index (χ1v) is 9.40. The van der Waals surface area contributed by atoms with E-state index < -0.39 is 0 Å². The van der Waals surface area contributed by atoms with E-state index in [0.717, 1.165) is 29.9 Å². The summed E-state index contributed by atoms with van der Waals surface area (Å²) in [7, 11) is 0. The predicted molar refractivity (Wildman–Crippen MR) is 111 cm³/mol. The van der Waals surface area contributed by atoms with Crippen molar-refractivity contribution in [1.29, 1.82) is 0 Å². The number of carbonyl (C=O) groups excluding carboxylic acids is 1. The number of aromatic nitrogens is 1. The van der Waals surface area contributed by atoms with Crippen molar-refractivity contribution in [3.8, 4) is 0 Å². The van der Waals surface area contributed by atoms with Crippen LogP contribution in [0.3, 0.4) is 0 Å². The number of esters is 1. The minimum atomic E-state index is -0.277. The third kappa shape index (κ3) is 4.45. The Balaban J connectivity index is 1.78. The highest BCUT2D eigenvalue weighted by Gasteiger charge is 2.09. The monoisotopic (exact) mass is 362 g/mol. The molecule has 1 heterocycles. The van der Waals surface area contributed by atoms with Crippen LogP contribution in [0.15, 0.2) is 42.5 Å². The average molecular weight is 362 g/mol. The summed E-state index contributed by atoms with van der Waals surface area (Å²) in [6.45, 7) is 8.83. The fourth-order valence-corrected chi connectivity index (χ4v) is 3.14. The van der Waals surface area contributed by atoms with E-state index in [1.807, 2.05) is 18.2 Å². The molecule has 0 aliphatic heterocycles. The average Bonchev–Trinajstić information content (AvgIpc) is 2.63. The maximum atomic E-state index is 12.0. The molecule has 27 heavy (non-hydrogen) atoms. The Morgan fingerprint density at radius 1 is 1.04 bits per heavy atom. The largest absolute Gasteiger partial charge is 0.462 e. The molecule has 0 amide bonds. The third-order valence-corrected chi connectivity index (χ3v) is 4.58. The Morgan fingerprint density at radius 3 is 2.48 bits per heavy atom. The number of aryl methyl sites for hydroxylation is 3. The first kappa shape index (κ1) is 18.9. The standard InChI is InChI=1S/C23H26N2O2/c1-5-6-11-27-23(26)18-7-9-19(10-8-18)24-21-14-16(3)20-13-15(2)12-17(4)22(20)25-21/h7-10,12-14H,5-6,11H2,1-4H3,(H,24,25). The summed E-state index contributed by atoms with van der Waals surface area (Å²) >= 11 is 0. The second-order valence-electron chi connectivity index (χ2n) is 6.99. The first-order chi connectivity index (χ1) is 13.0. The molecule has 2 aromatic carbocycles. The Bertz CT molecular complexity index is 962. The van der Waals surface area contributed by atoms with Gasteiger partial charge in [0.15, 0.2) is 0 Å². The van der Waals surface area contributed by atoms with Gasteiger partial charge in [-0.05, 0) is 74.7 Å². The normalized spacial score (nSPS) is 10.8. The molecule has 0 bridgehead atoms. The zero-order valence-corrected chi connectivity index (χ0v) is 16.4. The van der Waals surface area contributed by atoms with E-state index in [2.05, 4.69) is 45.1 Å². The van der Waals surface area contributed by atoms with Gasteiger partial charge in [0, 0.05) is 11.1 Å². The van der Waals surface area contributed by atoms with Crippen molar-refractivity contribution >= 4 is 28.4 Å². The lowest BCUT2D eigenvalue weighted by molar-refractivity contribution is 0.0500. The highest BCUT2D eigenvalue weighted by atomic mass is 16.5. The van der Waals surface area contributed by atoms with E-state index in [1.165, 1.54) is 22.1 Å². The van der Waals surface area contributed by atoms with Crippen molar-refractivity contribution in [2.24, 2.45) is 0 Å². The van der Waals surface area contributed by atoms with Gasteiger partial charge in [-0.15, -0.1) is 0 Å². The highest BCUT2D eigenvalue weighted by molar-refractivity contribution is 5.90. The summed E-state index contributed by atoms with van der Waals surface area (Å²) in [6.07, 6.45) is 1.89. The lowest BCUT2D eigenvalue weighted by atomic mass is 10.0.